The van der Waals surface area contributed by atoms with Crippen molar-refractivity contribution in [3.05, 3.63) is 51.8 Å². The third-order valence-corrected chi connectivity index (χ3v) is 7.71. The number of hydrogen-bond acceptors (Lipinski definition) is 4. The number of thiophene rings is 1. The zero-order chi connectivity index (χ0) is 17.3. The molecule has 0 unspecified atom stereocenters. The van der Waals surface area contributed by atoms with Gasteiger partial charge in [0, 0.05) is 41.1 Å². The van der Waals surface area contributed by atoms with Crippen LogP contribution < -0.4 is 4.74 Å². The maximum absolute atomic E-state index is 5.49. The van der Waals surface area contributed by atoms with Crippen LogP contribution in [0.3, 0.4) is 0 Å². The highest BCUT2D eigenvalue weighted by Gasteiger charge is 2.55. The van der Waals surface area contributed by atoms with Gasteiger partial charge in [-0.15, -0.1) is 11.3 Å². The number of piperidine rings is 1. The van der Waals surface area contributed by atoms with Crippen LogP contribution in [0, 0.1) is 0 Å². The highest BCUT2D eigenvalue weighted by Crippen LogP contribution is 2.54. The number of fused-ring (bicyclic) bond motifs is 5. The summed E-state index contributed by atoms with van der Waals surface area (Å²) in [5.41, 5.74) is 4.43. The van der Waals surface area contributed by atoms with E-state index in [1.165, 1.54) is 53.0 Å². The number of methoxy groups -OCH3 is 1. The molecule has 0 saturated carbocycles. The van der Waals surface area contributed by atoms with Crippen LogP contribution in [0.5, 0.6) is 5.75 Å². The number of aromatic nitrogens is 1. The zero-order valence-corrected chi connectivity index (χ0v) is 15.8. The first-order chi connectivity index (χ1) is 12.8. The minimum Gasteiger partial charge on any atom is -0.497 e. The van der Waals surface area contributed by atoms with E-state index in [0.29, 0.717) is 6.17 Å². The lowest BCUT2D eigenvalue weighted by Gasteiger charge is -2.61. The zero-order valence-electron chi connectivity index (χ0n) is 15.0. The van der Waals surface area contributed by atoms with E-state index in [1.807, 2.05) is 11.3 Å². The summed E-state index contributed by atoms with van der Waals surface area (Å²) in [7, 11) is 1.75. The van der Waals surface area contributed by atoms with Crippen molar-refractivity contribution in [3.63, 3.8) is 0 Å². The first-order valence-corrected chi connectivity index (χ1v) is 10.4. The molecule has 2 bridgehead atoms. The van der Waals surface area contributed by atoms with E-state index in [0.717, 1.165) is 18.7 Å². The van der Waals surface area contributed by atoms with Crippen LogP contribution in [-0.2, 0) is 12.0 Å². The summed E-state index contributed by atoms with van der Waals surface area (Å²) in [6, 6.07) is 11.0. The van der Waals surface area contributed by atoms with Crippen LogP contribution >= 0.6 is 11.3 Å². The fraction of sp³-hybridized carbons (Fsp3) is 0.429. The number of aromatic amines is 1. The Bertz CT molecular complexity index is 969. The Balaban J connectivity index is 1.53. The molecule has 7 rings (SSSR count). The van der Waals surface area contributed by atoms with Crippen LogP contribution in [-0.4, -0.2) is 41.5 Å². The van der Waals surface area contributed by atoms with Crippen molar-refractivity contribution in [2.45, 2.75) is 31.0 Å². The summed E-state index contributed by atoms with van der Waals surface area (Å²) in [6.07, 6.45) is 4.02. The van der Waals surface area contributed by atoms with Gasteiger partial charge in [0.15, 0.2) is 0 Å². The Hall–Kier alpha value is -1.82. The van der Waals surface area contributed by atoms with Gasteiger partial charge in [-0.05, 0) is 54.5 Å². The minimum atomic E-state index is 0.170. The van der Waals surface area contributed by atoms with Gasteiger partial charge in [-0.25, -0.2) is 0 Å². The first-order valence-electron chi connectivity index (χ1n) is 9.53. The molecule has 3 aromatic rings. The molecule has 0 amide bonds. The van der Waals surface area contributed by atoms with Crippen LogP contribution in [0.25, 0.3) is 10.9 Å². The molecule has 0 radical (unpaired) electrons. The Morgan fingerprint density at radius 2 is 2.08 bits per heavy atom. The lowest BCUT2D eigenvalue weighted by molar-refractivity contribution is -0.148. The molecule has 4 aliphatic rings. The van der Waals surface area contributed by atoms with Crippen molar-refractivity contribution in [2.75, 3.05) is 26.7 Å². The predicted molar refractivity (Wildman–Crippen MR) is 105 cm³/mol. The monoisotopic (exact) mass is 365 g/mol. The van der Waals surface area contributed by atoms with E-state index >= 15 is 0 Å². The van der Waals surface area contributed by atoms with Crippen molar-refractivity contribution in [1.82, 2.24) is 14.8 Å². The maximum atomic E-state index is 5.49. The number of ether oxygens (including phenoxy) is 1. The molecular formula is C21H23N3OS. The molecule has 5 heteroatoms. The fourth-order valence-corrected chi connectivity index (χ4v) is 6.47. The topological polar surface area (TPSA) is 31.5 Å². The van der Waals surface area contributed by atoms with Crippen molar-refractivity contribution >= 4 is 22.2 Å². The molecule has 4 aliphatic heterocycles. The minimum absolute atomic E-state index is 0.170. The summed E-state index contributed by atoms with van der Waals surface area (Å²) in [4.78, 5) is 10.8. The Labute approximate surface area is 157 Å². The van der Waals surface area contributed by atoms with Gasteiger partial charge in [-0.3, -0.25) is 9.80 Å². The van der Waals surface area contributed by atoms with Gasteiger partial charge in [0.25, 0.3) is 0 Å². The molecule has 1 N–H and O–H groups in total. The van der Waals surface area contributed by atoms with Gasteiger partial charge in [0.1, 0.15) is 5.75 Å². The SMILES string of the molecule is COc1ccc2[nH]c3c(c2c1)CCN1[C@H](c2cccs2)N2CCC31CC2. The highest BCUT2D eigenvalue weighted by atomic mass is 32.1. The third-order valence-electron chi connectivity index (χ3n) is 6.80. The summed E-state index contributed by atoms with van der Waals surface area (Å²) < 4.78 is 5.49. The van der Waals surface area contributed by atoms with Gasteiger partial charge in [0.05, 0.1) is 18.8 Å². The smallest absolute Gasteiger partial charge is 0.119 e. The number of nitrogens with zero attached hydrogens (tertiary/aromatic N) is 2. The fourth-order valence-electron chi connectivity index (χ4n) is 5.60. The number of nitrogens with one attached hydrogen (secondary N) is 1. The van der Waals surface area contributed by atoms with E-state index in [4.69, 9.17) is 4.74 Å². The second kappa shape index (κ2) is 5.35. The van der Waals surface area contributed by atoms with Crippen molar-refractivity contribution in [1.29, 1.82) is 0 Å². The molecule has 1 atom stereocenters. The second-order valence-corrected chi connectivity index (χ2v) is 8.77. The highest BCUT2D eigenvalue weighted by molar-refractivity contribution is 7.10. The molecular weight excluding hydrogens is 342 g/mol. The molecule has 134 valence electrons. The van der Waals surface area contributed by atoms with E-state index in [2.05, 4.69) is 50.5 Å². The second-order valence-electron chi connectivity index (χ2n) is 7.79. The van der Waals surface area contributed by atoms with Crippen LogP contribution in [0.15, 0.2) is 35.7 Å². The first kappa shape index (κ1) is 15.3. The molecule has 26 heavy (non-hydrogen) atoms. The number of benzene rings is 1. The summed E-state index contributed by atoms with van der Waals surface area (Å²) in [5.74, 6) is 0.953. The van der Waals surface area contributed by atoms with Crippen LogP contribution in [0.2, 0.25) is 0 Å². The van der Waals surface area contributed by atoms with Gasteiger partial charge >= 0.3 is 0 Å². The largest absolute Gasteiger partial charge is 0.497 e. The van der Waals surface area contributed by atoms with Gasteiger partial charge in [-0.2, -0.15) is 0 Å². The lowest BCUT2D eigenvalue weighted by atomic mass is 9.74. The lowest BCUT2D eigenvalue weighted by Crippen LogP contribution is -2.66. The number of rotatable bonds is 2. The summed E-state index contributed by atoms with van der Waals surface area (Å²) in [6.45, 7) is 3.52. The maximum Gasteiger partial charge on any atom is 0.119 e. The molecule has 3 fully saturated rings. The van der Waals surface area contributed by atoms with E-state index in [-0.39, 0.29) is 5.54 Å². The average molecular weight is 366 g/mol. The van der Waals surface area contributed by atoms with Gasteiger partial charge in [-0.1, -0.05) is 6.07 Å². The molecule has 1 aromatic carbocycles. The molecule has 1 spiro atoms. The van der Waals surface area contributed by atoms with Crippen LogP contribution in [0.4, 0.5) is 0 Å². The summed E-state index contributed by atoms with van der Waals surface area (Å²) in [5, 5.41) is 3.57. The summed E-state index contributed by atoms with van der Waals surface area (Å²) >= 11 is 1.90. The molecule has 0 aliphatic carbocycles. The van der Waals surface area contributed by atoms with Gasteiger partial charge in [0.2, 0.25) is 0 Å². The molecule has 6 heterocycles. The predicted octanol–water partition coefficient (Wildman–Crippen LogP) is 4.10. The quantitative estimate of drug-likeness (QED) is 0.742. The normalized spacial score (nSPS) is 30.3. The Kier molecular flexibility index (Phi) is 3.14. The van der Waals surface area contributed by atoms with Crippen LogP contribution in [0.1, 0.15) is 35.1 Å². The van der Waals surface area contributed by atoms with Crippen molar-refractivity contribution in [2.24, 2.45) is 0 Å². The van der Waals surface area contributed by atoms with E-state index in [9.17, 15) is 0 Å². The van der Waals surface area contributed by atoms with Crippen molar-refractivity contribution in [3.8, 4) is 5.75 Å². The number of hydrogen-bond donors (Lipinski definition) is 1. The van der Waals surface area contributed by atoms with E-state index in [1.54, 1.807) is 7.11 Å². The number of H-pyrrole nitrogens is 1. The third kappa shape index (κ3) is 1.86. The Morgan fingerprint density at radius 1 is 1.19 bits per heavy atom. The average Bonchev–Trinajstić information content (AvgIpc) is 3.35. The Morgan fingerprint density at radius 3 is 2.85 bits per heavy atom. The van der Waals surface area contributed by atoms with Crippen molar-refractivity contribution < 1.29 is 4.74 Å². The molecule has 2 aromatic heterocycles. The van der Waals surface area contributed by atoms with Gasteiger partial charge < -0.3 is 9.72 Å². The van der Waals surface area contributed by atoms with E-state index < -0.39 is 0 Å². The standard InChI is InChI=1S/C21H23N3OS/c1-25-14-4-5-17-16(13-14)15-6-9-24-20(18-3-2-12-26-18)23-10-7-21(24,8-11-23)19(15)22-17/h2-5,12-13,20,22H,6-11H2,1H3/t20-/m1/s1. The molecule has 4 nitrogen and oxygen atoms in total. The molecule has 3 saturated heterocycles.